The first-order valence-corrected chi connectivity index (χ1v) is 5.39. The van der Waals surface area contributed by atoms with Gasteiger partial charge >= 0.3 is 0 Å². The van der Waals surface area contributed by atoms with Gasteiger partial charge in [-0.05, 0) is 0 Å². The van der Waals surface area contributed by atoms with Gasteiger partial charge in [0.1, 0.15) is 0 Å². The topological polar surface area (TPSA) is 83.8 Å². The molecule has 1 heterocycles. The van der Waals surface area contributed by atoms with E-state index in [0.717, 1.165) is 0 Å². The molecule has 2 rings (SSSR count). The fourth-order valence-corrected chi connectivity index (χ4v) is 2.23. The fourth-order valence-electron chi connectivity index (χ4n) is 1.44. The van der Waals surface area contributed by atoms with Crippen molar-refractivity contribution in [2.75, 3.05) is 0 Å². The first-order chi connectivity index (χ1) is 6.50. The number of benzene rings is 1. The van der Waals surface area contributed by atoms with Crippen LogP contribution in [0.5, 0.6) is 0 Å². The number of ether oxygens (including phenoxy) is 1. The third-order valence-electron chi connectivity index (χ3n) is 2.04. The van der Waals surface area contributed by atoms with Crippen molar-refractivity contribution in [1.82, 2.24) is 0 Å². The van der Waals surface area contributed by atoms with Crippen LogP contribution in [-0.2, 0) is 14.9 Å². The second kappa shape index (κ2) is 3.03. The maximum Gasteiger partial charge on any atom is 0.296 e. The summed E-state index contributed by atoms with van der Waals surface area (Å²) in [6.07, 6.45) is -1.29. The minimum absolute atomic E-state index is 0.280. The second-order valence-corrected chi connectivity index (χ2v) is 4.42. The Bertz CT molecular complexity index is 453. The number of rotatable bonds is 1. The lowest BCUT2D eigenvalue weighted by atomic mass is 10.1. The van der Waals surface area contributed by atoms with E-state index in [-0.39, 0.29) is 5.56 Å². The van der Waals surface area contributed by atoms with Crippen LogP contribution in [-0.4, -0.2) is 18.1 Å². The molecule has 0 spiro atoms. The number of hydrogen-bond donors (Lipinski definition) is 2. The van der Waals surface area contributed by atoms with Gasteiger partial charge in [0.15, 0.2) is 6.29 Å². The van der Waals surface area contributed by atoms with Gasteiger partial charge in [0.05, 0.1) is 0 Å². The Hall–Kier alpha value is -0.950. The lowest BCUT2D eigenvalue weighted by Crippen LogP contribution is -2.11. The maximum absolute atomic E-state index is 10.9. The molecule has 2 atom stereocenters. The molecule has 0 saturated carbocycles. The van der Waals surface area contributed by atoms with E-state index >= 15 is 0 Å². The van der Waals surface area contributed by atoms with Crippen LogP contribution in [0.2, 0.25) is 0 Å². The highest BCUT2D eigenvalue weighted by atomic mass is 32.2. The van der Waals surface area contributed by atoms with Crippen molar-refractivity contribution in [2.45, 2.75) is 11.7 Å². The minimum Gasteiger partial charge on any atom is -0.364 e. The molecule has 2 unspecified atom stereocenters. The van der Waals surface area contributed by atoms with Crippen LogP contribution in [0.25, 0.3) is 0 Å². The molecule has 2 N–H and O–H groups in total. The molecule has 5 nitrogen and oxygen atoms in total. The summed E-state index contributed by atoms with van der Waals surface area (Å²) in [5, 5.41) is 9.32. The summed E-state index contributed by atoms with van der Waals surface area (Å²) in [6, 6.07) is 6.30. The van der Waals surface area contributed by atoms with Gasteiger partial charge in [-0.1, -0.05) is 24.3 Å². The van der Waals surface area contributed by atoms with E-state index in [1.54, 1.807) is 18.2 Å². The Morgan fingerprint density at radius 2 is 1.79 bits per heavy atom. The Morgan fingerprint density at radius 3 is 2.36 bits per heavy atom. The molecule has 0 aliphatic carbocycles. The van der Waals surface area contributed by atoms with Gasteiger partial charge in [0.25, 0.3) is 10.1 Å². The Kier molecular flexibility index (Phi) is 2.07. The van der Waals surface area contributed by atoms with E-state index in [9.17, 15) is 13.5 Å². The molecule has 0 fully saturated rings. The van der Waals surface area contributed by atoms with Crippen LogP contribution in [0.1, 0.15) is 22.9 Å². The summed E-state index contributed by atoms with van der Waals surface area (Å²) < 4.78 is 35.3. The molecule has 6 heteroatoms. The summed E-state index contributed by atoms with van der Waals surface area (Å²) in [4.78, 5) is 0. The smallest absolute Gasteiger partial charge is 0.296 e. The van der Waals surface area contributed by atoms with Crippen LogP contribution in [0, 0.1) is 0 Å². The average Bonchev–Trinajstić information content (AvgIpc) is 2.44. The zero-order valence-corrected chi connectivity index (χ0v) is 7.81. The van der Waals surface area contributed by atoms with Crippen LogP contribution in [0.3, 0.4) is 0 Å². The summed E-state index contributed by atoms with van der Waals surface area (Å²) in [6.45, 7) is 0. The SMILES string of the molecule is O=S(=O)(O)C1OC(O)c2ccccc21. The third kappa shape index (κ3) is 1.42. The molecular formula is C8H8O5S. The largest absolute Gasteiger partial charge is 0.364 e. The molecule has 14 heavy (non-hydrogen) atoms. The standard InChI is InChI=1S/C8H8O5S/c9-7-5-3-1-2-4-6(5)8(13-7)14(10,11)12/h1-4,7-9H,(H,10,11,12). The zero-order chi connectivity index (χ0) is 10.3. The van der Waals surface area contributed by atoms with Crippen LogP contribution >= 0.6 is 0 Å². The van der Waals surface area contributed by atoms with Gasteiger partial charge in [-0.2, -0.15) is 8.42 Å². The van der Waals surface area contributed by atoms with Crippen molar-refractivity contribution in [3.63, 3.8) is 0 Å². The van der Waals surface area contributed by atoms with Crippen molar-refractivity contribution >= 4 is 10.1 Å². The molecule has 1 aromatic carbocycles. The van der Waals surface area contributed by atoms with Gasteiger partial charge < -0.3 is 9.84 Å². The first kappa shape index (κ1) is 9.60. The van der Waals surface area contributed by atoms with Crippen LogP contribution < -0.4 is 0 Å². The Labute approximate surface area is 80.7 Å². The lowest BCUT2D eigenvalue weighted by Gasteiger charge is -2.06. The van der Waals surface area contributed by atoms with Crippen LogP contribution in [0.15, 0.2) is 24.3 Å². The normalized spacial score (nSPS) is 26.1. The van der Waals surface area contributed by atoms with E-state index in [0.29, 0.717) is 5.56 Å². The number of fused-ring (bicyclic) bond motifs is 1. The molecular weight excluding hydrogens is 208 g/mol. The molecule has 0 aromatic heterocycles. The van der Waals surface area contributed by atoms with Crippen molar-refractivity contribution in [1.29, 1.82) is 0 Å². The molecule has 76 valence electrons. The van der Waals surface area contributed by atoms with Gasteiger partial charge in [-0.25, -0.2) is 0 Å². The summed E-state index contributed by atoms with van der Waals surface area (Å²) >= 11 is 0. The molecule has 1 aliphatic heterocycles. The maximum atomic E-state index is 10.9. The zero-order valence-electron chi connectivity index (χ0n) is 6.99. The van der Waals surface area contributed by atoms with Crippen molar-refractivity contribution in [3.05, 3.63) is 35.4 Å². The number of aliphatic hydroxyl groups is 1. The van der Waals surface area contributed by atoms with Crippen molar-refractivity contribution in [3.8, 4) is 0 Å². The fraction of sp³-hybridized carbons (Fsp3) is 0.250. The predicted octanol–water partition coefficient (Wildman–Crippen LogP) is 0.594. The highest BCUT2D eigenvalue weighted by Crippen LogP contribution is 2.39. The highest BCUT2D eigenvalue weighted by molar-refractivity contribution is 7.85. The number of hydrogen-bond acceptors (Lipinski definition) is 4. The quantitative estimate of drug-likeness (QED) is 0.671. The second-order valence-electron chi connectivity index (χ2n) is 2.96. The average molecular weight is 216 g/mol. The van der Waals surface area contributed by atoms with Crippen molar-refractivity contribution < 1.29 is 22.8 Å². The van der Waals surface area contributed by atoms with E-state index in [1.807, 2.05) is 0 Å². The molecule has 0 amide bonds. The third-order valence-corrected chi connectivity index (χ3v) is 2.95. The van der Waals surface area contributed by atoms with Gasteiger partial charge in [-0.3, -0.25) is 4.55 Å². The van der Waals surface area contributed by atoms with Gasteiger partial charge in [0, 0.05) is 11.1 Å². The Morgan fingerprint density at radius 1 is 1.21 bits per heavy atom. The minimum atomic E-state index is -4.33. The van der Waals surface area contributed by atoms with E-state index < -0.39 is 21.8 Å². The summed E-state index contributed by atoms with van der Waals surface area (Å²) in [5.41, 5.74) is -0.827. The molecule has 0 radical (unpaired) electrons. The summed E-state index contributed by atoms with van der Waals surface area (Å²) in [7, 11) is -4.33. The first-order valence-electron chi connectivity index (χ1n) is 3.89. The summed E-state index contributed by atoms with van der Waals surface area (Å²) in [5.74, 6) is 0. The van der Waals surface area contributed by atoms with Gasteiger partial charge in [-0.15, -0.1) is 0 Å². The van der Waals surface area contributed by atoms with E-state index in [1.165, 1.54) is 6.07 Å². The predicted molar refractivity (Wildman–Crippen MR) is 46.8 cm³/mol. The van der Waals surface area contributed by atoms with Crippen LogP contribution in [0.4, 0.5) is 0 Å². The number of aliphatic hydroxyl groups excluding tert-OH is 1. The molecule has 1 aromatic rings. The van der Waals surface area contributed by atoms with E-state index in [2.05, 4.69) is 0 Å². The van der Waals surface area contributed by atoms with Gasteiger partial charge in [0.2, 0.25) is 5.44 Å². The van der Waals surface area contributed by atoms with E-state index in [4.69, 9.17) is 9.29 Å². The molecule has 0 saturated heterocycles. The molecule has 1 aliphatic rings. The van der Waals surface area contributed by atoms with Crippen molar-refractivity contribution in [2.24, 2.45) is 0 Å². The molecule has 0 bridgehead atoms. The lowest BCUT2D eigenvalue weighted by molar-refractivity contribution is -0.0989. The highest BCUT2D eigenvalue weighted by Gasteiger charge is 2.38. The monoisotopic (exact) mass is 216 g/mol. The Balaban J connectivity index is 2.55.